The summed E-state index contributed by atoms with van der Waals surface area (Å²) >= 11 is 0. The first-order valence-electron chi connectivity index (χ1n) is 5.41. The van der Waals surface area contributed by atoms with Crippen LogP contribution >= 0.6 is 0 Å². The molecular formula is C13H20OSi. The highest BCUT2D eigenvalue weighted by Crippen LogP contribution is 2.03. The lowest BCUT2D eigenvalue weighted by Crippen LogP contribution is -2.25. The maximum absolute atomic E-state index is 5.72. The fourth-order valence-electron chi connectivity index (χ4n) is 1.20. The molecule has 1 aromatic carbocycles. The van der Waals surface area contributed by atoms with E-state index in [2.05, 4.69) is 56.1 Å². The van der Waals surface area contributed by atoms with Gasteiger partial charge in [-0.3, -0.25) is 0 Å². The molecule has 1 nitrogen and oxygen atoms in total. The van der Waals surface area contributed by atoms with Crippen LogP contribution in [-0.4, -0.2) is 14.9 Å². The molecule has 0 N–H and O–H groups in total. The molecule has 0 fully saturated rings. The van der Waals surface area contributed by atoms with Crippen molar-refractivity contribution >= 4 is 8.32 Å². The first-order valence-corrected chi connectivity index (χ1v) is 8.82. The molecule has 0 saturated carbocycles. The molecule has 0 amide bonds. The Morgan fingerprint density at radius 3 is 2.33 bits per heavy atom. The zero-order chi connectivity index (χ0) is 11.1. The van der Waals surface area contributed by atoms with Crippen molar-refractivity contribution in [3.8, 4) is 0 Å². The van der Waals surface area contributed by atoms with Gasteiger partial charge in [-0.1, -0.05) is 42.5 Å². The predicted molar refractivity (Wildman–Crippen MR) is 68.6 cm³/mol. The van der Waals surface area contributed by atoms with Gasteiger partial charge in [0.1, 0.15) is 0 Å². The van der Waals surface area contributed by atoms with Crippen molar-refractivity contribution in [3.63, 3.8) is 0 Å². The van der Waals surface area contributed by atoms with E-state index < -0.39 is 8.32 Å². The van der Waals surface area contributed by atoms with Crippen molar-refractivity contribution in [1.29, 1.82) is 0 Å². The number of rotatable bonds is 5. The van der Waals surface area contributed by atoms with Crippen LogP contribution in [0.1, 0.15) is 5.56 Å². The van der Waals surface area contributed by atoms with Crippen LogP contribution in [0.2, 0.25) is 19.6 Å². The molecule has 82 valence electrons. The summed E-state index contributed by atoms with van der Waals surface area (Å²) < 4.78 is 5.72. The van der Waals surface area contributed by atoms with Crippen LogP contribution in [0.15, 0.2) is 42.5 Å². The summed E-state index contributed by atoms with van der Waals surface area (Å²) in [4.78, 5) is 0. The topological polar surface area (TPSA) is 9.23 Å². The monoisotopic (exact) mass is 220 g/mol. The van der Waals surface area contributed by atoms with Gasteiger partial charge in [0.2, 0.25) is 0 Å². The molecule has 0 aliphatic carbocycles. The van der Waals surface area contributed by atoms with E-state index in [9.17, 15) is 0 Å². The molecular weight excluding hydrogens is 200 g/mol. The largest absolute Gasteiger partial charge is 0.414 e. The lowest BCUT2D eigenvalue weighted by Gasteiger charge is -2.14. The van der Waals surface area contributed by atoms with Gasteiger partial charge in [0.15, 0.2) is 8.32 Å². The van der Waals surface area contributed by atoms with Crippen LogP contribution in [0.4, 0.5) is 0 Å². The highest BCUT2D eigenvalue weighted by atomic mass is 28.4. The minimum absolute atomic E-state index is 0.753. The maximum atomic E-state index is 5.72. The Bertz CT molecular complexity index is 298. The SMILES string of the molecule is C[Si](C)(C)OC/C=C/Cc1ccccc1. The molecule has 2 heteroatoms. The molecule has 0 aliphatic rings. The molecule has 0 radical (unpaired) electrons. The van der Waals surface area contributed by atoms with E-state index in [-0.39, 0.29) is 0 Å². The third-order valence-corrected chi connectivity index (χ3v) is 3.01. The van der Waals surface area contributed by atoms with Gasteiger partial charge in [0.25, 0.3) is 0 Å². The van der Waals surface area contributed by atoms with Crippen LogP contribution in [0.25, 0.3) is 0 Å². The number of hydrogen-bond acceptors (Lipinski definition) is 1. The van der Waals surface area contributed by atoms with E-state index in [1.807, 2.05) is 6.07 Å². The summed E-state index contributed by atoms with van der Waals surface area (Å²) in [7, 11) is -1.34. The number of allylic oxidation sites excluding steroid dienone is 1. The molecule has 0 aromatic heterocycles. The smallest absolute Gasteiger partial charge is 0.184 e. The molecule has 0 atom stereocenters. The van der Waals surface area contributed by atoms with Crippen LogP contribution < -0.4 is 0 Å². The van der Waals surface area contributed by atoms with Gasteiger partial charge in [-0.2, -0.15) is 0 Å². The molecule has 15 heavy (non-hydrogen) atoms. The van der Waals surface area contributed by atoms with Gasteiger partial charge in [0, 0.05) is 0 Å². The summed E-state index contributed by atoms with van der Waals surface area (Å²) in [6.07, 6.45) is 5.29. The molecule has 0 heterocycles. The van der Waals surface area contributed by atoms with Crippen molar-refractivity contribution in [2.24, 2.45) is 0 Å². The average Bonchev–Trinajstić information content (AvgIpc) is 2.17. The van der Waals surface area contributed by atoms with Gasteiger partial charge < -0.3 is 4.43 Å². The molecule has 1 rings (SSSR count). The molecule has 0 aliphatic heterocycles. The summed E-state index contributed by atoms with van der Waals surface area (Å²) in [5.74, 6) is 0. The fourth-order valence-corrected chi connectivity index (χ4v) is 1.80. The van der Waals surface area contributed by atoms with E-state index in [1.165, 1.54) is 5.56 Å². The van der Waals surface area contributed by atoms with E-state index in [0.29, 0.717) is 0 Å². The third kappa shape index (κ3) is 6.26. The lowest BCUT2D eigenvalue weighted by molar-refractivity contribution is 0.357. The van der Waals surface area contributed by atoms with Crippen LogP contribution in [-0.2, 0) is 10.8 Å². The molecule has 0 unspecified atom stereocenters. The Kier molecular flexibility index (Phi) is 4.79. The van der Waals surface area contributed by atoms with Crippen LogP contribution in [0.5, 0.6) is 0 Å². The fraction of sp³-hybridized carbons (Fsp3) is 0.385. The van der Waals surface area contributed by atoms with Crippen molar-refractivity contribution in [1.82, 2.24) is 0 Å². The highest BCUT2D eigenvalue weighted by molar-refractivity contribution is 6.69. The van der Waals surface area contributed by atoms with E-state index in [0.717, 1.165) is 13.0 Å². The van der Waals surface area contributed by atoms with Crippen molar-refractivity contribution in [2.45, 2.75) is 26.1 Å². The average molecular weight is 220 g/mol. The summed E-state index contributed by atoms with van der Waals surface area (Å²) in [6, 6.07) is 10.5. The lowest BCUT2D eigenvalue weighted by atomic mass is 10.1. The van der Waals surface area contributed by atoms with Gasteiger partial charge in [-0.15, -0.1) is 0 Å². The quantitative estimate of drug-likeness (QED) is 0.544. The summed E-state index contributed by atoms with van der Waals surface area (Å²) in [6.45, 7) is 7.37. The number of hydrogen-bond donors (Lipinski definition) is 0. The molecule has 0 spiro atoms. The second-order valence-electron chi connectivity index (χ2n) is 4.58. The second-order valence-corrected chi connectivity index (χ2v) is 9.10. The zero-order valence-electron chi connectivity index (χ0n) is 9.86. The Hall–Kier alpha value is -0.863. The van der Waals surface area contributed by atoms with Crippen molar-refractivity contribution in [2.75, 3.05) is 6.61 Å². The van der Waals surface area contributed by atoms with Crippen molar-refractivity contribution < 1.29 is 4.43 Å². The van der Waals surface area contributed by atoms with Crippen LogP contribution in [0, 0.1) is 0 Å². The van der Waals surface area contributed by atoms with E-state index in [4.69, 9.17) is 4.43 Å². The molecule has 0 bridgehead atoms. The van der Waals surface area contributed by atoms with E-state index in [1.54, 1.807) is 0 Å². The zero-order valence-corrected chi connectivity index (χ0v) is 10.9. The second kappa shape index (κ2) is 5.88. The predicted octanol–water partition coefficient (Wildman–Crippen LogP) is 3.64. The number of benzene rings is 1. The Labute approximate surface area is 93.9 Å². The molecule has 0 saturated heterocycles. The van der Waals surface area contributed by atoms with Gasteiger partial charge in [-0.25, -0.2) is 0 Å². The van der Waals surface area contributed by atoms with Gasteiger partial charge >= 0.3 is 0 Å². The van der Waals surface area contributed by atoms with Crippen molar-refractivity contribution in [3.05, 3.63) is 48.0 Å². The normalized spacial score (nSPS) is 12.2. The first kappa shape index (κ1) is 12.2. The minimum Gasteiger partial charge on any atom is -0.414 e. The van der Waals surface area contributed by atoms with Crippen LogP contribution in [0.3, 0.4) is 0 Å². The Morgan fingerprint density at radius 1 is 1.07 bits per heavy atom. The first-order chi connectivity index (χ1) is 7.08. The third-order valence-electron chi connectivity index (χ3n) is 1.98. The molecule has 1 aromatic rings. The van der Waals surface area contributed by atoms with Gasteiger partial charge in [-0.05, 0) is 31.6 Å². The highest BCUT2D eigenvalue weighted by Gasteiger charge is 2.11. The Balaban J connectivity index is 2.23. The van der Waals surface area contributed by atoms with Gasteiger partial charge in [0.05, 0.1) is 6.61 Å². The Morgan fingerprint density at radius 2 is 1.73 bits per heavy atom. The maximum Gasteiger partial charge on any atom is 0.184 e. The standard InChI is InChI=1S/C13H20OSi/c1-15(2,3)14-12-8-7-11-13-9-5-4-6-10-13/h4-10H,11-12H2,1-3H3/b8-7+. The van der Waals surface area contributed by atoms with E-state index >= 15 is 0 Å². The minimum atomic E-state index is -1.34. The summed E-state index contributed by atoms with van der Waals surface area (Å²) in [5, 5.41) is 0. The summed E-state index contributed by atoms with van der Waals surface area (Å²) in [5.41, 5.74) is 1.35.